The maximum absolute atomic E-state index is 14.3. The summed E-state index contributed by atoms with van der Waals surface area (Å²) in [6.45, 7) is 12.0. The Morgan fingerprint density at radius 2 is 1.77 bits per heavy atom. The fourth-order valence-corrected chi connectivity index (χ4v) is 6.69. The predicted molar refractivity (Wildman–Crippen MR) is 172 cm³/mol. The van der Waals surface area contributed by atoms with Gasteiger partial charge in [-0.1, -0.05) is 53.2 Å². The molecular formula is C35H36ClFN6O. The molecule has 1 aliphatic heterocycles. The zero-order chi connectivity index (χ0) is 31.1. The number of hydrogen-bond acceptors (Lipinski definition) is 5. The monoisotopic (exact) mass is 610 g/mol. The molecule has 5 aromatic rings. The topological polar surface area (TPSA) is 67.2 Å². The molecule has 44 heavy (non-hydrogen) atoms. The van der Waals surface area contributed by atoms with Crippen molar-refractivity contribution in [1.29, 1.82) is 0 Å². The van der Waals surface area contributed by atoms with Gasteiger partial charge < -0.3 is 4.90 Å². The smallest absolute Gasteiger partial charge is 0.254 e. The van der Waals surface area contributed by atoms with Gasteiger partial charge in [-0.2, -0.15) is 0 Å². The van der Waals surface area contributed by atoms with Crippen LogP contribution in [0, 0.1) is 19.7 Å². The normalized spacial score (nSPS) is 18.1. The van der Waals surface area contributed by atoms with Crippen molar-refractivity contribution in [2.45, 2.75) is 59.3 Å². The first kappa shape index (κ1) is 29.9. The first-order valence-corrected chi connectivity index (χ1v) is 15.4. The van der Waals surface area contributed by atoms with Crippen LogP contribution in [0.5, 0.6) is 0 Å². The number of pyridine rings is 1. The molecular weight excluding hydrogens is 575 g/mol. The van der Waals surface area contributed by atoms with E-state index < -0.39 is 0 Å². The van der Waals surface area contributed by atoms with Crippen LogP contribution in [0.2, 0.25) is 5.02 Å². The van der Waals surface area contributed by atoms with Crippen LogP contribution in [0.1, 0.15) is 59.6 Å². The van der Waals surface area contributed by atoms with E-state index in [0.717, 1.165) is 44.5 Å². The second-order valence-electron chi connectivity index (χ2n) is 11.9. The van der Waals surface area contributed by atoms with Crippen molar-refractivity contribution in [3.05, 3.63) is 112 Å². The second kappa shape index (κ2) is 12.1. The molecule has 0 saturated carbocycles. The zero-order valence-electron chi connectivity index (χ0n) is 25.6. The number of halogens is 2. The second-order valence-corrected chi connectivity index (χ2v) is 12.4. The Morgan fingerprint density at radius 3 is 2.50 bits per heavy atom. The summed E-state index contributed by atoms with van der Waals surface area (Å²) >= 11 is 6.32. The third kappa shape index (κ3) is 5.72. The van der Waals surface area contributed by atoms with Crippen LogP contribution < -0.4 is 0 Å². The Hall–Kier alpha value is -4.14. The Labute approximate surface area is 262 Å². The number of aromatic nitrogens is 4. The van der Waals surface area contributed by atoms with Crippen molar-refractivity contribution in [3.8, 4) is 11.3 Å². The Kier molecular flexibility index (Phi) is 8.22. The van der Waals surface area contributed by atoms with Gasteiger partial charge in [-0.3, -0.25) is 9.69 Å². The molecule has 1 aliphatic rings. The predicted octanol–water partition coefficient (Wildman–Crippen LogP) is 7.25. The van der Waals surface area contributed by atoms with Crippen molar-refractivity contribution in [2.24, 2.45) is 0 Å². The molecule has 9 heteroatoms. The average Bonchev–Trinajstić information content (AvgIpc) is 3.47. The van der Waals surface area contributed by atoms with Crippen molar-refractivity contribution in [3.63, 3.8) is 0 Å². The maximum atomic E-state index is 14.3. The van der Waals surface area contributed by atoms with Crippen molar-refractivity contribution >= 4 is 28.4 Å². The highest BCUT2D eigenvalue weighted by molar-refractivity contribution is 6.30. The van der Waals surface area contributed by atoms with Crippen LogP contribution in [-0.4, -0.2) is 60.9 Å². The lowest BCUT2D eigenvalue weighted by atomic mass is 9.96. The molecule has 3 heterocycles. The van der Waals surface area contributed by atoms with E-state index in [2.05, 4.69) is 29.1 Å². The molecule has 0 unspecified atom stereocenters. The van der Waals surface area contributed by atoms with Crippen LogP contribution in [0.25, 0.3) is 22.2 Å². The number of piperazine rings is 1. The molecule has 3 aromatic carbocycles. The van der Waals surface area contributed by atoms with Crippen LogP contribution >= 0.6 is 11.6 Å². The molecule has 0 N–H and O–H groups in total. The zero-order valence-corrected chi connectivity index (χ0v) is 26.4. The van der Waals surface area contributed by atoms with E-state index in [1.165, 1.54) is 6.07 Å². The molecule has 0 bridgehead atoms. The highest BCUT2D eigenvalue weighted by atomic mass is 35.5. The van der Waals surface area contributed by atoms with E-state index in [1.807, 2.05) is 91.1 Å². The lowest BCUT2D eigenvalue weighted by Crippen LogP contribution is -2.57. The molecule has 7 nitrogen and oxygen atoms in total. The highest BCUT2D eigenvalue weighted by Gasteiger charge is 2.34. The fourth-order valence-electron chi connectivity index (χ4n) is 6.50. The minimum absolute atomic E-state index is 0.0113. The van der Waals surface area contributed by atoms with Gasteiger partial charge in [0.2, 0.25) is 0 Å². The number of rotatable bonds is 6. The molecule has 1 saturated heterocycles. The molecule has 0 spiro atoms. The third-order valence-corrected chi connectivity index (χ3v) is 9.05. The van der Waals surface area contributed by atoms with Gasteiger partial charge in [0.05, 0.1) is 34.7 Å². The molecule has 6 rings (SSSR count). The van der Waals surface area contributed by atoms with Crippen LogP contribution in [-0.2, 0) is 6.54 Å². The lowest BCUT2D eigenvalue weighted by Gasteiger charge is -2.44. The summed E-state index contributed by atoms with van der Waals surface area (Å²) < 4.78 is 15.5. The lowest BCUT2D eigenvalue weighted by molar-refractivity contribution is 0.0265. The van der Waals surface area contributed by atoms with Crippen molar-refractivity contribution in [1.82, 2.24) is 29.8 Å². The number of fused-ring (bicyclic) bond motifs is 1. The molecule has 2 aromatic heterocycles. The van der Waals surface area contributed by atoms with E-state index >= 15 is 0 Å². The summed E-state index contributed by atoms with van der Waals surface area (Å²) in [4.78, 5) is 23.6. The molecule has 3 atom stereocenters. The average molecular weight is 611 g/mol. The first-order chi connectivity index (χ1) is 21.1. The number of hydrogen-bond donors (Lipinski definition) is 0. The van der Waals surface area contributed by atoms with Crippen molar-refractivity contribution in [2.75, 3.05) is 13.1 Å². The molecule has 1 fully saturated rings. The van der Waals surface area contributed by atoms with Crippen molar-refractivity contribution < 1.29 is 9.18 Å². The number of para-hydroxylation sites is 1. The molecule has 0 radical (unpaired) electrons. The summed E-state index contributed by atoms with van der Waals surface area (Å²) in [6, 6.07) is 20.4. The number of benzene rings is 3. The fraction of sp³-hybridized carbons (Fsp3) is 0.314. The quantitative estimate of drug-likeness (QED) is 0.203. The van der Waals surface area contributed by atoms with E-state index in [9.17, 15) is 9.18 Å². The summed E-state index contributed by atoms with van der Waals surface area (Å²) in [6.07, 6.45) is 1.97. The van der Waals surface area contributed by atoms with Crippen LogP contribution in [0.15, 0.2) is 72.9 Å². The van der Waals surface area contributed by atoms with Gasteiger partial charge in [0, 0.05) is 47.7 Å². The summed E-state index contributed by atoms with van der Waals surface area (Å²) in [5, 5.41) is 10.3. The molecule has 226 valence electrons. The van der Waals surface area contributed by atoms with Gasteiger partial charge in [0.15, 0.2) is 0 Å². The van der Waals surface area contributed by atoms with Gasteiger partial charge >= 0.3 is 0 Å². The van der Waals surface area contributed by atoms with Crippen LogP contribution in [0.4, 0.5) is 4.39 Å². The SMILES string of the molecule is Cc1cc(F)ccc1[C@@H](C)n1cc(CN2[C@H](C)CN(C(=O)c3c(C)c(-c4cccc(Cl)c4)nc4ccccc34)C[C@@H]2C)nn1. The maximum Gasteiger partial charge on any atom is 0.254 e. The van der Waals surface area contributed by atoms with Gasteiger partial charge in [-0.15, -0.1) is 5.10 Å². The summed E-state index contributed by atoms with van der Waals surface area (Å²) in [5.74, 6) is -0.232. The first-order valence-electron chi connectivity index (χ1n) is 15.0. The minimum atomic E-state index is -0.243. The van der Waals surface area contributed by atoms with E-state index in [0.29, 0.717) is 30.2 Å². The van der Waals surface area contributed by atoms with E-state index in [-0.39, 0.29) is 29.8 Å². The highest BCUT2D eigenvalue weighted by Crippen LogP contribution is 2.33. The standard InChI is InChI=1S/C35H36ClFN6O/c1-21-15-28(37)13-14-30(21)25(5)43-20-29(39-40-43)19-42-22(2)17-41(18-23(42)3)35(44)33-24(4)34(26-9-8-10-27(36)16-26)38-32-12-7-6-11-31(32)33/h6-16,20,22-23,25H,17-19H2,1-5H3/t22-,23+,25-/m1/s1. The minimum Gasteiger partial charge on any atom is -0.335 e. The van der Waals surface area contributed by atoms with Gasteiger partial charge in [0.1, 0.15) is 5.82 Å². The Balaban J connectivity index is 1.23. The molecule has 0 aliphatic carbocycles. The van der Waals surface area contributed by atoms with E-state index in [4.69, 9.17) is 16.6 Å². The Bertz CT molecular complexity index is 1840. The summed E-state index contributed by atoms with van der Waals surface area (Å²) in [5.41, 5.74) is 6.72. The number of carbonyl (C=O) groups excluding carboxylic acids is 1. The largest absolute Gasteiger partial charge is 0.335 e. The number of carbonyl (C=O) groups is 1. The summed E-state index contributed by atoms with van der Waals surface area (Å²) in [7, 11) is 0. The van der Waals surface area contributed by atoms with Crippen LogP contribution in [0.3, 0.4) is 0 Å². The number of nitrogens with zero attached hydrogens (tertiary/aromatic N) is 6. The third-order valence-electron chi connectivity index (χ3n) is 8.82. The Morgan fingerprint density at radius 1 is 1.02 bits per heavy atom. The number of aryl methyl sites for hydroxylation is 1. The van der Waals surface area contributed by atoms with E-state index in [1.54, 1.807) is 6.07 Å². The number of amides is 1. The van der Waals surface area contributed by atoms with Gasteiger partial charge in [0.25, 0.3) is 5.91 Å². The van der Waals surface area contributed by atoms with Gasteiger partial charge in [-0.05, 0) is 81.6 Å². The molecule has 1 amide bonds. The van der Waals surface area contributed by atoms with Gasteiger partial charge in [-0.25, -0.2) is 14.1 Å².